The van der Waals surface area contributed by atoms with E-state index in [9.17, 15) is 4.79 Å². The van der Waals surface area contributed by atoms with E-state index in [0.29, 0.717) is 6.54 Å². The second-order valence-corrected chi connectivity index (χ2v) is 4.27. The minimum absolute atomic E-state index is 0.181. The van der Waals surface area contributed by atoms with E-state index in [1.165, 1.54) is 16.7 Å². The molecule has 0 aliphatic rings. The number of aryl methyl sites for hydroxylation is 2. The van der Waals surface area contributed by atoms with Crippen LogP contribution in [0.25, 0.3) is 0 Å². The van der Waals surface area contributed by atoms with Crippen molar-refractivity contribution in [2.75, 3.05) is 13.6 Å². The average Bonchev–Trinajstić information content (AvgIpc) is 2.15. The Labute approximate surface area is 96.7 Å². The smallest absolute Gasteiger partial charge is 0.278 e. The lowest BCUT2D eigenvalue weighted by Crippen LogP contribution is -2.23. The number of likely N-dealkylation sites (N-methyl/N-ethyl adjacent to an activating group) is 1. The Kier molecular flexibility index (Phi) is 4.21. The van der Waals surface area contributed by atoms with Gasteiger partial charge in [0.15, 0.2) is 0 Å². The van der Waals surface area contributed by atoms with Gasteiger partial charge in [-0.05, 0) is 31.4 Å². The van der Waals surface area contributed by atoms with E-state index in [-0.39, 0.29) is 5.24 Å². The summed E-state index contributed by atoms with van der Waals surface area (Å²) >= 11 is 3.77. The molecule has 1 aromatic carbocycles. The van der Waals surface area contributed by atoms with Crippen molar-refractivity contribution in [3.05, 3.63) is 34.9 Å². The minimum atomic E-state index is -0.181. The Balaban J connectivity index is 2.62. The van der Waals surface area contributed by atoms with Crippen molar-refractivity contribution in [1.82, 2.24) is 4.90 Å². The summed E-state index contributed by atoms with van der Waals surface area (Å²) in [4.78, 5) is 12.5. The molecule has 0 fully saturated rings. The van der Waals surface area contributed by atoms with E-state index < -0.39 is 0 Å². The number of carbonyl (C=O) groups is 1. The predicted molar refractivity (Wildman–Crippen MR) is 66.6 cm³/mol. The topological polar surface area (TPSA) is 20.3 Å². The number of benzene rings is 1. The number of amides is 1. The fourth-order valence-electron chi connectivity index (χ4n) is 1.51. The van der Waals surface area contributed by atoms with Crippen LogP contribution in [-0.4, -0.2) is 23.7 Å². The first-order chi connectivity index (χ1) is 7.00. The molecule has 0 heterocycles. The van der Waals surface area contributed by atoms with E-state index in [0.717, 1.165) is 6.42 Å². The lowest BCUT2D eigenvalue weighted by molar-refractivity contribution is 0.234. The van der Waals surface area contributed by atoms with Gasteiger partial charge in [-0.25, -0.2) is 0 Å². The van der Waals surface area contributed by atoms with Gasteiger partial charge in [-0.2, -0.15) is 0 Å². The van der Waals surface area contributed by atoms with Crippen LogP contribution in [0.1, 0.15) is 16.7 Å². The van der Waals surface area contributed by atoms with Gasteiger partial charge >= 0.3 is 0 Å². The maximum absolute atomic E-state index is 10.9. The zero-order valence-electron chi connectivity index (χ0n) is 9.45. The zero-order chi connectivity index (χ0) is 11.4. The van der Waals surface area contributed by atoms with Crippen molar-refractivity contribution in [2.45, 2.75) is 20.3 Å². The monoisotopic (exact) mass is 223 g/mol. The molecule has 0 saturated heterocycles. The Morgan fingerprint density at radius 1 is 1.40 bits per heavy atom. The van der Waals surface area contributed by atoms with E-state index in [2.05, 4.69) is 44.7 Å². The summed E-state index contributed by atoms with van der Waals surface area (Å²) in [6, 6.07) is 6.39. The number of hydrogen-bond donors (Lipinski definition) is 1. The van der Waals surface area contributed by atoms with Gasteiger partial charge in [0.2, 0.25) is 0 Å². The summed E-state index contributed by atoms with van der Waals surface area (Å²) in [6.07, 6.45) is 0.884. The first-order valence-corrected chi connectivity index (χ1v) is 5.45. The van der Waals surface area contributed by atoms with Crippen molar-refractivity contribution < 1.29 is 4.79 Å². The van der Waals surface area contributed by atoms with Crippen molar-refractivity contribution in [3.63, 3.8) is 0 Å². The minimum Gasteiger partial charge on any atom is -0.337 e. The molecule has 1 aromatic rings. The van der Waals surface area contributed by atoms with Gasteiger partial charge < -0.3 is 4.90 Å². The highest BCUT2D eigenvalue weighted by atomic mass is 32.1. The highest BCUT2D eigenvalue weighted by molar-refractivity contribution is 7.96. The van der Waals surface area contributed by atoms with Gasteiger partial charge in [0.25, 0.3) is 5.24 Å². The van der Waals surface area contributed by atoms with Crippen LogP contribution in [0.3, 0.4) is 0 Å². The molecule has 0 N–H and O–H groups in total. The van der Waals surface area contributed by atoms with Crippen LogP contribution in [-0.2, 0) is 6.42 Å². The summed E-state index contributed by atoms with van der Waals surface area (Å²) in [7, 11) is 1.76. The third kappa shape index (κ3) is 3.59. The van der Waals surface area contributed by atoms with Crippen LogP contribution < -0.4 is 0 Å². The predicted octanol–water partition coefficient (Wildman–Crippen LogP) is 2.83. The second-order valence-electron chi connectivity index (χ2n) is 3.88. The molecule has 0 aliphatic carbocycles. The average molecular weight is 223 g/mol. The summed E-state index contributed by atoms with van der Waals surface area (Å²) in [5.41, 5.74) is 3.85. The third-order valence-electron chi connectivity index (χ3n) is 2.54. The Bertz CT molecular complexity index is 363. The van der Waals surface area contributed by atoms with Gasteiger partial charge in [0.05, 0.1) is 0 Å². The van der Waals surface area contributed by atoms with Gasteiger partial charge in [0.1, 0.15) is 0 Å². The number of nitrogens with zero attached hydrogens (tertiary/aromatic N) is 1. The van der Waals surface area contributed by atoms with Gasteiger partial charge in [0, 0.05) is 13.6 Å². The number of hydrogen-bond acceptors (Lipinski definition) is 1. The second kappa shape index (κ2) is 5.21. The van der Waals surface area contributed by atoms with Crippen molar-refractivity contribution >= 4 is 17.9 Å². The molecule has 0 aliphatic heterocycles. The van der Waals surface area contributed by atoms with Crippen LogP contribution in [0.2, 0.25) is 0 Å². The lowest BCUT2D eigenvalue weighted by atomic mass is 10.0. The van der Waals surface area contributed by atoms with Gasteiger partial charge in [-0.1, -0.05) is 36.4 Å². The Morgan fingerprint density at radius 3 is 2.60 bits per heavy atom. The zero-order valence-corrected chi connectivity index (χ0v) is 10.3. The first kappa shape index (κ1) is 12.1. The normalized spacial score (nSPS) is 10.1. The summed E-state index contributed by atoms with van der Waals surface area (Å²) < 4.78 is 0. The molecular formula is C12H17NOS. The Hall–Kier alpha value is -0.960. The van der Waals surface area contributed by atoms with Crippen molar-refractivity contribution in [1.29, 1.82) is 0 Å². The SMILES string of the molecule is Cc1ccc(CCN(C)C(=O)S)c(C)c1. The first-order valence-electron chi connectivity index (χ1n) is 5.01. The van der Waals surface area contributed by atoms with E-state index >= 15 is 0 Å². The van der Waals surface area contributed by atoms with E-state index in [1.807, 2.05) is 0 Å². The Morgan fingerprint density at radius 2 is 2.07 bits per heavy atom. The number of carbonyl (C=O) groups excluding carboxylic acids is 1. The molecule has 0 spiro atoms. The summed E-state index contributed by atoms with van der Waals surface area (Å²) in [5, 5.41) is -0.181. The molecule has 0 bridgehead atoms. The highest BCUT2D eigenvalue weighted by Gasteiger charge is 2.04. The van der Waals surface area contributed by atoms with Crippen LogP contribution in [0.15, 0.2) is 18.2 Å². The van der Waals surface area contributed by atoms with Crippen LogP contribution in [0.4, 0.5) is 4.79 Å². The summed E-state index contributed by atoms with van der Waals surface area (Å²) in [6.45, 7) is 4.90. The maximum atomic E-state index is 10.9. The molecule has 15 heavy (non-hydrogen) atoms. The van der Waals surface area contributed by atoms with E-state index in [1.54, 1.807) is 11.9 Å². The molecule has 1 amide bonds. The summed E-state index contributed by atoms with van der Waals surface area (Å²) in [5.74, 6) is 0. The maximum Gasteiger partial charge on any atom is 0.278 e. The largest absolute Gasteiger partial charge is 0.337 e. The lowest BCUT2D eigenvalue weighted by Gasteiger charge is -2.14. The van der Waals surface area contributed by atoms with Crippen LogP contribution in [0.5, 0.6) is 0 Å². The quantitative estimate of drug-likeness (QED) is 0.781. The number of rotatable bonds is 3. The van der Waals surface area contributed by atoms with Crippen molar-refractivity contribution in [2.24, 2.45) is 0 Å². The third-order valence-corrected chi connectivity index (χ3v) is 2.88. The van der Waals surface area contributed by atoms with Gasteiger partial charge in [-0.15, -0.1) is 0 Å². The molecular weight excluding hydrogens is 206 g/mol. The molecule has 0 atom stereocenters. The molecule has 0 unspecified atom stereocenters. The standard InChI is InChI=1S/C12H17NOS/c1-9-4-5-11(10(2)8-9)6-7-13(3)12(14)15/h4-5,8H,6-7H2,1-3H3,(H,14,15). The van der Waals surface area contributed by atoms with Crippen LogP contribution >= 0.6 is 12.6 Å². The van der Waals surface area contributed by atoms with Crippen molar-refractivity contribution in [3.8, 4) is 0 Å². The number of thiol groups is 1. The fraction of sp³-hybridized carbons (Fsp3) is 0.417. The molecule has 0 radical (unpaired) electrons. The van der Waals surface area contributed by atoms with E-state index in [4.69, 9.17) is 0 Å². The molecule has 1 rings (SSSR count). The van der Waals surface area contributed by atoms with Crippen LogP contribution in [0, 0.1) is 13.8 Å². The fourth-order valence-corrected chi connectivity index (χ4v) is 1.61. The van der Waals surface area contributed by atoms with Gasteiger partial charge in [-0.3, -0.25) is 4.79 Å². The highest BCUT2D eigenvalue weighted by Crippen LogP contribution is 2.11. The molecule has 3 heteroatoms. The molecule has 0 saturated carbocycles. The molecule has 2 nitrogen and oxygen atoms in total. The molecule has 0 aromatic heterocycles. The molecule has 82 valence electrons.